The van der Waals surface area contributed by atoms with Gasteiger partial charge < -0.3 is 18.6 Å². The minimum Gasteiger partial charge on any atom is -0.426 e. The van der Waals surface area contributed by atoms with Crippen LogP contribution in [0.3, 0.4) is 0 Å². The van der Waals surface area contributed by atoms with Gasteiger partial charge in [-0.15, -0.1) is 0 Å². The summed E-state index contributed by atoms with van der Waals surface area (Å²) in [5.41, 5.74) is -0.410. The molecule has 1 heterocycles. The van der Waals surface area contributed by atoms with Gasteiger partial charge in [0.1, 0.15) is 11.3 Å². The van der Waals surface area contributed by atoms with Crippen LogP contribution in [-0.2, 0) is 14.4 Å². The first-order chi connectivity index (χ1) is 24.9. The molecule has 0 saturated heterocycles. The number of hydrogen-bond acceptors (Lipinski definition) is 8. The van der Waals surface area contributed by atoms with Gasteiger partial charge in [0, 0.05) is 36.1 Å². The molecule has 0 aliphatic carbocycles. The molecule has 3 rings (SSSR count). The van der Waals surface area contributed by atoms with Crippen molar-refractivity contribution in [3.05, 3.63) is 40.8 Å². The summed E-state index contributed by atoms with van der Waals surface area (Å²) in [6.45, 7) is 6.56. The van der Waals surface area contributed by atoms with Crippen LogP contribution >= 0.6 is 0 Å². The fourth-order valence-corrected chi connectivity index (χ4v) is 6.35. The number of hydrogen-bond donors (Lipinski definition) is 0. The lowest BCUT2D eigenvalue weighted by Gasteiger charge is -2.13. The van der Waals surface area contributed by atoms with Crippen molar-refractivity contribution in [2.45, 2.75) is 175 Å². The second-order valence-electron chi connectivity index (χ2n) is 13.9. The highest BCUT2D eigenvalue weighted by atomic mass is 16.6. The van der Waals surface area contributed by atoms with E-state index in [9.17, 15) is 19.2 Å². The van der Waals surface area contributed by atoms with Crippen LogP contribution in [0, 0.1) is 0 Å². The Morgan fingerprint density at radius 1 is 0.471 bits per heavy atom. The van der Waals surface area contributed by atoms with Crippen molar-refractivity contribution in [2.75, 3.05) is 0 Å². The molecule has 0 saturated carbocycles. The maximum atomic E-state index is 13.2. The van der Waals surface area contributed by atoms with E-state index in [4.69, 9.17) is 18.6 Å². The molecule has 8 heteroatoms. The summed E-state index contributed by atoms with van der Waals surface area (Å²) in [7, 11) is 0. The zero-order chi connectivity index (χ0) is 36.7. The Balaban J connectivity index is 1.74. The average Bonchev–Trinajstić information content (AvgIpc) is 3.11. The van der Waals surface area contributed by atoms with E-state index < -0.39 is 17.6 Å². The van der Waals surface area contributed by atoms with E-state index in [1.807, 2.05) is 0 Å². The van der Waals surface area contributed by atoms with Crippen molar-refractivity contribution in [3.63, 3.8) is 0 Å². The van der Waals surface area contributed by atoms with E-state index in [-0.39, 0.29) is 47.0 Å². The molecule has 51 heavy (non-hydrogen) atoms. The molecular formula is C43H62O8. The van der Waals surface area contributed by atoms with E-state index in [1.54, 1.807) is 18.2 Å². The van der Waals surface area contributed by atoms with E-state index in [2.05, 4.69) is 20.8 Å². The summed E-state index contributed by atoms with van der Waals surface area (Å²) in [5.74, 6) is -0.805. The molecule has 0 fully saturated rings. The van der Waals surface area contributed by atoms with Crippen LogP contribution in [-0.4, -0.2) is 17.9 Å². The van der Waals surface area contributed by atoms with Crippen LogP contribution in [0.4, 0.5) is 0 Å². The molecule has 0 atom stereocenters. The van der Waals surface area contributed by atoms with Crippen LogP contribution in [0.15, 0.2) is 39.5 Å². The van der Waals surface area contributed by atoms with Crippen LogP contribution in [0.5, 0.6) is 17.2 Å². The third-order valence-corrected chi connectivity index (χ3v) is 9.38. The number of unbranched alkanes of at least 4 members (excludes halogenated alkanes) is 18. The first kappa shape index (κ1) is 41.7. The van der Waals surface area contributed by atoms with Crippen LogP contribution in [0.1, 0.15) is 175 Å². The molecule has 3 aromatic rings. The van der Waals surface area contributed by atoms with Crippen LogP contribution < -0.4 is 19.8 Å². The SMILES string of the molecule is CCCCCCCCCC(=O)Oc1ccc2c(c1)oc(=O)c1cc(OC(=O)CCCCCCCCC)c(OC(=O)CCCCCCCCC)cc12. The fraction of sp³-hybridized carbons (Fsp3) is 0.628. The van der Waals surface area contributed by atoms with Gasteiger partial charge in [-0.25, -0.2) is 4.79 Å². The molecule has 1 aromatic heterocycles. The molecule has 8 nitrogen and oxygen atoms in total. The smallest absolute Gasteiger partial charge is 0.344 e. The summed E-state index contributed by atoms with van der Waals surface area (Å²) in [4.78, 5) is 51.6. The first-order valence-electron chi connectivity index (χ1n) is 20.0. The first-order valence-corrected chi connectivity index (χ1v) is 20.0. The van der Waals surface area contributed by atoms with Crippen molar-refractivity contribution < 1.29 is 33.0 Å². The summed E-state index contributed by atoms with van der Waals surface area (Å²) in [5, 5.41) is 1.24. The molecule has 0 N–H and O–H groups in total. The quantitative estimate of drug-likeness (QED) is 0.0253. The zero-order valence-corrected chi connectivity index (χ0v) is 31.6. The van der Waals surface area contributed by atoms with Gasteiger partial charge in [0.2, 0.25) is 0 Å². The van der Waals surface area contributed by atoms with Crippen molar-refractivity contribution in [1.82, 2.24) is 0 Å². The van der Waals surface area contributed by atoms with Gasteiger partial charge in [-0.1, -0.05) is 136 Å². The summed E-state index contributed by atoms with van der Waals surface area (Å²) >= 11 is 0. The van der Waals surface area contributed by atoms with Crippen molar-refractivity contribution in [2.24, 2.45) is 0 Å². The number of carbonyl (C=O) groups excluding carboxylic acids is 3. The lowest BCUT2D eigenvalue weighted by Crippen LogP contribution is -2.13. The Bertz CT molecular complexity index is 1560. The van der Waals surface area contributed by atoms with Gasteiger partial charge in [-0.2, -0.15) is 0 Å². The average molecular weight is 707 g/mol. The summed E-state index contributed by atoms with van der Waals surface area (Å²) < 4.78 is 22.7. The summed E-state index contributed by atoms with van der Waals surface area (Å²) in [6, 6.07) is 7.90. The highest BCUT2D eigenvalue weighted by Gasteiger charge is 2.19. The van der Waals surface area contributed by atoms with Crippen molar-refractivity contribution >= 4 is 39.6 Å². The summed E-state index contributed by atoms with van der Waals surface area (Å²) in [6.07, 6.45) is 23.5. The minimum atomic E-state index is -0.644. The van der Waals surface area contributed by atoms with E-state index >= 15 is 0 Å². The molecule has 0 radical (unpaired) electrons. The number of benzene rings is 2. The van der Waals surface area contributed by atoms with E-state index in [0.717, 1.165) is 57.8 Å². The predicted octanol–water partition coefficient (Wildman–Crippen LogP) is 12.1. The molecular weight excluding hydrogens is 644 g/mol. The largest absolute Gasteiger partial charge is 0.426 e. The van der Waals surface area contributed by atoms with E-state index in [1.165, 1.54) is 76.3 Å². The number of fused-ring (bicyclic) bond motifs is 3. The topological polar surface area (TPSA) is 109 Å². The second-order valence-corrected chi connectivity index (χ2v) is 13.9. The molecule has 0 spiro atoms. The third-order valence-electron chi connectivity index (χ3n) is 9.38. The number of carbonyl (C=O) groups is 3. The van der Waals surface area contributed by atoms with Crippen molar-refractivity contribution in [1.29, 1.82) is 0 Å². The number of ether oxygens (including phenoxy) is 3. The van der Waals surface area contributed by atoms with Gasteiger partial charge in [0.25, 0.3) is 0 Å². The normalized spacial score (nSPS) is 11.3. The van der Waals surface area contributed by atoms with Gasteiger partial charge in [0.15, 0.2) is 11.5 Å². The van der Waals surface area contributed by atoms with Gasteiger partial charge in [-0.05, 0) is 43.5 Å². The van der Waals surface area contributed by atoms with Gasteiger partial charge >= 0.3 is 23.5 Å². The number of esters is 3. The molecule has 282 valence electrons. The lowest BCUT2D eigenvalue weighted by atomic mass is 10.1. The van der Waals surface area contributed by atoms with Crippen LogP contribution in [0.25, 0.3) is 21.7 Å². The Kier molecular flexibility index (Phi) is 20.0. The zero-order valence-electron chi connectivity index (χ0n) is 31.6. The molecule has 0 aliphatic heterocycles. The third kappa shape index (κ3) is 15.6. The highest BCUT2D eigenvalue weighted by Crippen LogP contribution is 2.36. The predicted molar refractivity (Wildman–Crippen MR) is 205 cm³/mol. The maximum Gasteiger partial charge on any atom is 0.344 e. The Morgan fingerprint density at radius 3 is 1.31 bits per heavy atom. The van der Waals surface area contributed by atoms with Gasteiger partial charge in [-0.3, -0.25) is 14.4 Å². The van der Waals surface area contributed by atoms with Crippen molar-refractivity contribution in [3.8, 4) is 17.2 Å². The minimum absolute atomic E-state index is 0.0194. The second kappa shape index (κ2) is 24.5. The lowest BCUT2D eigenvalue weighted by molar-refractivity contribution is -0.137. The Labute approximate surface area is 305 Å². The van der Waals surface area contributed by atoms with E-state index in [0.29, 0.717) is 30.0 Å². The van der Waals surface area contributed by atoms with Gasteiger partial charge in [0.05, 0.1) is 5.39 Å². The monoisotopic (exact) mass is 706 g/mol. The molecule has 0 unspecified atom stereocenters. The Hall–Kier alpha value is -3.68. The Morgan fingerprint density at radius 2 is 0.863 bits per heavy atom. The molecule has 0 bridgehead atoms. The maximum absolute atomic E-state index is 13.2. The molecule has 0 amide bonds. The van der Waals surface area contributed by atoms with Crippen LogP contribution in [0.2, 0.25) is 0 Å². The standard InChI is InChI=1S/C43H62O8/c1-4-7-10-13-16-19-22-25-40(44)48-33-28-29-34-35-31-38(49-41(45)26-23-20-17-14-11-8-5-2)39(32-36(35)43(47)51-37(34)30-33)50-42(46)27-24-21-18-15-12-9-6-3/h28-32H,4-27H2,1-3H3. The number of rotatable bonds is 27. The molecule has 2 aromatic carbocycles. The molecule has 0 aliphatic rings. The fourth-order valence-electron chi connectivity index (χ4n) is 6.35. The highest BCUT2D eigenvalue weighted by molar-refractivity contribution is 6.06.